The number of pyridine rings is 1. The minimum atomic E-state index is -4.40. The third kappa shape index (κ3) is 4.31. The Balaban J connectivity index is 1.94. The molecule has 0 saturated heterocycles. The first-order chi connectivity index (χ1) is 13.3. The second kappa shape index (κ2) is 7.72. The Morgan fingerprint density at radius 1 is 1.14 bits per heavy atom. The summed E-state index contributed by atoms with van der Waals surface area (Å²) in [5.41, 5.74) is 1.41. The average molecular weight is 386 g/mol. The van der Waals surface area contributed by atoms with Gasteiger partial charge in [-0.3, -0.25) is 4.79 Å². The van der Waals surface area contributed by atoms with Crippen LogP contribution in [0.3, 0.4) is 0 Å². The van der Waals surface area contributed by atoms with Gasteiger partial charge in [0.1, 0.15) is 11.3 Å². The summed E-state index contributed by atoms with van der Waals surface area (Å²) in [6.07, 6.45) is -3.21. The van der Waals surface area contributed by atoms with Crippen LogP contribution in [-0.4, -0.2) is 10.9 Å². The van der Waals surface area contributed by atoms with Gasteiger partial charge in [-0.1, -0.05) is 18.7 Å². The lowest BCUT2D eigenvalue weighted by molar-refractivity contribution is -0.137. The van der Waals surface area contributed by atoms with Crippen LogP contribution in [0.15, 0.2) is 61.2 Å². The standard InChI is InChI=1S/C21H17F3N2O2/c1-3-19(27)25-12-14-5-11-18(20-17(14)10-4-13(2)26-20)28-16-8-6-15(7-9-16)21(22,23)24/h3-11H,1,12H2,2H3,(H,25,27). The Hall–Kier alpha value is -3.35. The zero-order chi connectivity index (χ0) is 20.3. The Morgan fingerprint density at radius 2 is 1.86 bits per heavy atom. The summed E-state index contributed by atoms with van der Waals surface area (Å²) in [5, 5.41) is 3.49. The fraction of sp³-hybridized carbons (Fsp3) is 0.143. The summed E-state index contributed by atoms with van der Waals surface area (Å²) in [6.45, 7) is 5.53. The molecule has 0 aliphatic rings. The number of carbonyl (C=O) groups is 1. The van der Waals surface area contributed by atoms with E-state index in [1.54, 1.807) is 12.1 Å². The van der Waals surface area contributed by atoms with Crippen molar-refractivity contribution in [3.05, 3.63) is 78.0 Å². The maximum atomic E-state index is 12.7. The number of ether oxygens (including phenoxy) is 1. The summed E-state index contributed by atoms with van der Waals surface area (Å²) < 4.78 is 43.9. The molecule has 0 atom stereocenters. The number of fused-ring (bicyclic) bond motifs is 1. The summed E-state index contributed by atoms with van der Waals surface area (Å²) in [5.74, 6) is 0.390. The zero-order valence-electron chi connectivity index (χ0n) is 15.0. The van der Waals surface area contributed by atoms with Gasteiger partial charge >= 0.3 is 6.18 Å². The van der Waals surface area contributed by atoms with Crippen LogP contribution in [0.25, 0.3) is 10.9 Å². The second-order valence-electron chi connectivity index (χ2n) is 6.12. The molecule has 0 bridgehead atoms. The first-order valence-electron chi connectivity index (χ1n) is 8.42. The van der Waals surface area contributed by atoms with Gasteiger partial charge in [0.05, 0.1) is 5.56 Å². The third-order valence-electron chi connectivity index (χ3n) is 4.10. The Labute approximate surface area is 159 Å². The number of aryl methyl sites for hydroxylation is 1. The SMILES string of the molecule is C=CC(=O)NCc1ccc(Oc2ccc(C(F)(F)F)cc2)c2nc(C)ccc12. The van der Waals surface area contributed by atoms with Crippen molar-refractivity contribution >= 4 is 16.8 Å². The average Bonchev–Trinajstić information content (AvgIpc) is 2.66. The molecule has 0 aliphatic heterocycles. The van der Waals surface area contributed by atoms with Gasteiger partial charge < -0.3 is 10.1 Å². The lowest BCUT2D eigenvalue weighted by Crippen LogP contribution is -2.20. The fourth-order valence-electron chi connectivity index (χ4n) is 2.68. The minimum absolute atomic E-state index is 0.269. The van der Waals surface area contributed by atoms with E-state index in [4.69, 9.17) is 4.74 Å². The van der Waals surface area contributed by atoms with Gasteiger partial charge in [0.25, 0.3) is 0 Å². The fourth-order valence-corrected chi connectivity index (χ4v) is 2.68. The highest BCUT2D eigenvalue weighted by Gasteiger charge is 2.30. The quantitative estimate of drug-likeness (QED) is 0.617. The number of hydrogen-bond donors (Lipinski definition) is 1. The molecule has 0 saturated carbocycles. The number of carbonyl (C=O) groups excluding carboxylic acids is 1. The van der Waals surface area contributed by atoms with E-state index >= 15 is 0 Å². The Morgan fingerprint density at radius 3 is 2.50 bits per heavy atom. The molecule has 0 unspecified atom stereocenters. The molecule has 28 heavy (non-hydrogen) atoms. The second-order valence-corrected chi connectivity index (χ2v) is 6.12. The molecular formula is C21H17F3N2O2. The number of nitrogens with one attached hydrogen (secondary N) is 1. The van der Waals surface area contributed by atoms with Gasteiger partial charge in [-0.15, -0.1) is 0 Å². The van der Waals surface area contributed by atoms with Gasteiger partial charge in [0.15, 0.2) is 5.75 Å². The number of halogens is 3. The molecule has 1 N–H and O–H groups in total. The summed E-state index contributed by atoms with van der Waals surface area (Å²) in [7, 11) is 0. The first-order valence-corrected chi connectivity index (χ1v) is 8.42. The predicted octanol–water partition coefficient (Wildman–Crippen LogP) is 5.16. The van der Waals surface area contributed by atoms with Gasteiger partial charge in [0, 0.05) is 17.6 Å². The van der Waals surface area contributed by atoms with Gasteiger partial charge in [-0.2, -0.15) is 13.2 Å². The highest BCUT2D eigenvalue weighted by Crippen LogP contribution is 2.34. The van der Waals surface area contributed by atoms with Crippen LogP contribution in [0.1, 0.15) is 16.8 Å². The number of aromatic nitrogens is 1. The lowest BCUT2D eigenvalue weighted by atomic mass is 10.1. The molecule has 7 heteroatoms. The van der Waals surface area contributed by atoms with Crippen LogP contribution >= 0.6 is 0 Å². The van der Waals surface area contributed by atoms with Crippen LogP contribution in [0.4, 0.5) is 13.2 Å². The van der Waals surface area contributed by atoms with Crippen molar-refractivity contribution in [1.29, 1.82) is 0 Å². The zero-order valence-corrected chi connectivity index (χ0v) is 15.0. The molecule has 4 nitrogen and oxygen atoms in total. The number of benzene rings is 2. The molecule has 2 aromatic carbocycles. The van der Waals surface area contributed by atoms with Crippen molar-refractivity contribution in [1.82, 2.24) is 10.3 Å². The number of nitrogens with zero attached hydrogens (tertiary/aromatic N) is 1. The highest BCUT2D eigenvalue weighted by molar-refractivity contribution is 5.90. The molecule has 3 aromatic rings. The van der Waals surface area contributed by atoms with Crippen LogP contribution < -0.4 is 10.1 Å². The van der Waals surface area contributed by atoms with E-state index in [2.05, 4.69) is 16.9 Å². The van der Waals surface area contributed by atoms with E-state index in [0.717, 1.165) is 28.8 Å². The third-order valence-corrected chi connectivity index (χ3v) is 4.10. The Bertz CT molecular complexity index is 1030. The van der Waals surface area contributed by atoms with Crippen LogP contribution in [-0.2, 0) is 17.5 Å². The molecule has 3 rings (SSSR count). The summed E-state index contributed by atoms with van der Waals surface area (Å²) in [4.78, 5) is 15.9. The van der Waals surface area contributed by atoms with Crippen LogP contribution in [0.2, 0.25) is 0 Å². The van der Waals surface area contributed by atoms with E-state index in [-0.39, 0.29) is 18.2 Å². The molecule has 0 spiro atoms. The van der Waals surface area contributed by atoms with Gasteiger partial charge in [-0.25, -0.2) is 4.98 Å². The highest BCUT2D eigenvalue weighted by atomic mass is 19.4. The molecule has 0 fully saturated rings. The van der Waals surface area contributed by atoms with Crippen molar-refractivity contribution in [2.75, 3.05) is 0 Å². The molecule has 1 aromatic heterocycles. The van der Waals surface area contributed by atoms with E-state index in [0.29, 0.717) is 11.3 Å². The van der Waals surface area contributed by atoms with Crippen molar-refractivity contribution in [3.63, 3.8) is 0 Å². The monoisotopic (exact) mass is 386 g/mol. The molecular weight excluding hydrogens is 369 g/mol. The maximum Gasteiger partial charge on any atom is 0.416 e. The van der Waals surface area contributed by atoms with Crippen molar-refractivity contribution in [2.45, 2.75) is 19.6 Å². The number of alkyl halides is 3. The van der Waals surface area contributed by atoms with Crippen molar-refractivity contribution in [3.8, 4) is 11.5 Å². The molecule has 1 heterocycles. The van der Waals surface area contributed by atoms with Crippen molar-refractivity contribution in [2.24, 2.45) is 0 Å². The smallest absolute Gasteiger partial charge is 0.416 e. The molecule has 0 aliphatic carbocycles. The van der Waals surface area contributed by atoms with Crippen LogP contribution in [0, 0.1) is 6.92 Å². The Kier molecular flexibility index (Phi) is 5.35. The van der Waals surface area contributed by atoms with Crippen LogP contribution in [0.5, 0.6) is 11.5 Å². The van der Waals surface area contributed by atoms with E-state index in [1.165, 1.54) is 18.2 Å². The van der Waals surface area contributed by atoms with Gasteiger partial charge in [-0.05, 0) is 55.0 Å². The minimum Gasteiger partial charge on any atom is -0.455 e. The normalized spacial score (nSPS) is 11.3. The van der Waals surface area contributed by atoms with Crippen molar-refractivity contribution < 1.29 is 22.7 Å². The number of rotatable bonds is 5. The van der Waals surface area contributed by atoms with E-state index < -0.39 is 11.7 Å². The van der Waals surface area contributed by atoms with E-state index in [9.17, 15) is 18.0 Å². The summed E-state index contributed by atoms with van der Waals surface area (Å²) >= 11 is 0. The van der Waals surface area contributed by atoms with E-state index in [1.807, 2.05) is 19.1 Å². The summed E-state index contributed by atoms with van der Waals surface area (Å²) in [6, 6.07) is 11.6. The van der Waals surface area contributed by atoms with Gasteiger partial charge in [0.2, 0.25) is 5.91 Å². The number of amides is 1. The maximum absolute atomic E-state index is 12.7. The number of hydrogen-bond acceptors (Lipinski definition) is 3. The first kappa shape index (κ1) is 19.4. The lowest BCUT2D eigenvalue weighted by Gasteiger charge is -2.13. The molecule has 0 radical (unpaired) electrons. The molecule has 144 valence electrons. The molecule has 1 amide bonds. The predicted molar refractivity (Wildman–Crippen MR) is 100 cm³/mol. The topological polar surface area (TPSA) is 51.2 Å². The largest absolute Gasteiger partial charge is 0.455 e.